The van der Waals surface area contributed by atoms with Crippen molar-refractivity contribution in [3.63, 3.8) is 0 Å². The molecule has 0 atom stereocenters. The molecule has 0 radical (unpaired) electrons. The van der Waals surface area contributed by atoms with Crippen molar-refractivity contribution in [3.05, 3.63) is 11.6 Å². The summed E-state index contributed by atoms with van der Waals surface area (Å²) in [5.41, 5.74) is 2.23. The Morgan fingerprint density at radius 1 is 1.33 bits per heavy atom. The summed E-state index contributed by atoms with van der Waals surface area (Å²) >= 11 is 0. The fourth-order valence-electron chi connectivity index (χ4n) is 2.27. The van der Waals surface area contributed by atoms with Gasteiger partial charge in [-0.1, -0.05) is 25.0 Å². The Morgan fingerprint density at radius 2 is 2.17 bits per heavy atom. The molecule has 1 nitrogen and oxygen atoms in total. The maximum Gasteiger partial charge on any atom is 0.0164 e. The standard InChI is InChI=1S/C11H19N/c1-11(5-3-6-11)8-10-4-2-7-12-9-10/h8,12H,2-7,9H2,1H3/b10-8-. The van der Waals surface area contributed by atoms with Gasteiger partial charge < -0.3 is 5.32 Å². The Hall–Kier alpha value is -0.300. The minimum absolute atomic E-state index is 0.578. The number of hydrogen-bond acceptors (Lipinski definition) is 1. The van der Waals surface area contributed by atoms with Crippen LogP contribution in [0.1, 0.15) is 39.0 Å². The van der Waals surface area contributed by atoms with E-state index >= 15 is 0 Å². The van der Waals surface area contributed by atoms with Gasteiger partial charge >= 0.3 is 0 Å². The molecule has 1 N–H and O–H groups in total. The molecule has 0 unspecified atom stereocenters. The second-order valence-electron chi connectivity index (χ2n) is 4.59. The molecule has 1 aliphatic carbocycles. The van der Waals surface area contributed by atoms with Gasteiger partial charge in [0.15, 0.2) is 0 Å². The lowest BCUT2D eigenvalue weighted by Gasteiger charge is -2.37. The average molecular weight is 165 g/mol. The third-order valence-electron chi connectivity index (χ3n) is 3.25. The van der Waals surface area contributed by atoms with Gasteiger partial charge in [0, 0.05) is 6.54 Å². The van der Waals surface area contributed by atoms with Crippen LogP contribution in [0.25, 0.3) is 0 Å². The van der Waals surface area contributed by atoms with E-state index in [9.17, 15) is 0 Å². The predicted molar refractivity (Wildman–Crippen MR) is 52.1 cm³/mol. The second-order valence-corrected chi connectivity index (χ2v) is 4.59. The molecule has 1 saturated carbocycles. The van der Waals surface area contributed by atoms with Gasteiger partial charge in [0.05, 0.1) is 0 Å². The average Bonchev–Trinajstić information content (AvgIpc) is 2.04. The van der Waals surface area contributed by atoms with Gasteiger partial charge in [-0.25, -0.2) is 0 Å². The van der Waals surface area contributed by atoms with Gasteiger partial charge in [0.25, 0.3) is 0 Å². The summed E-state index contributed by atoms with van der Waals surface area (Å²) < 4.78 is 0. The zero-order valence-electron chi connectivity index (χ0n) is 8.03. The van der Waals surface area contributed by atoms with E-state index in [1.165, 1.54) is 38.6 Å². The van der Waals surface area contributed by atoms with E-state index in [1.807, 2.05) is 0 Å². The lowest BCUT2D eigenvalue weighted by molar-refractivity contribution is 0.231. The quantitative estimate of drug-likeness (QED) is 0.589. The van der Waals surface area contributed by atoms with Gasteiger partial charge in [0.2, 0.25) is 0 Å². The van der Waals surface area contributed by atoms with Crippen LogP contribution < -0.4 is 5.32 Å². The monoisotopic (exact) mass is 165 g/mol. The van der Waals surface area contributed by atoms with Crippen molar-refractivity contribution in [1.82, 2.24) is 5.32 Å². The van der Waals surface area contributed by atoms with Crippen molar-refractivity contribution in [2.45, 2.75) is 39.0 Å². The van der Waals surface area contributed by atoms with Gasteiger partial charge in [0.1, 0.15) is 0 Å². The maximum absolute atomic E-state index is 3.44. The maximum atomic E-state index is 3.44. The fraction of sp³-hybridized carbons (Fsp3) is 0.818. The van der Waals surface area contributed by atoms with E-state index < -0.39 is 0 Å². The largest absolute Gasteiger partial charge is 0.313 e. The molecule has 2 aliphatic rings. The van der Waals surface area contributed by atoms with Crippen LogP contribution in [-0.4, -0.2) is 13.1 Å². The smallest absolute Gasteiger partial charge is 0.0164 e. The summed E-state index contributed by atoms with van der Waals surface area (Å²) in [5.74, 6) is 0. The van der Waals surface area contributed by atoms with Crippen molar-refractivity contribution in [2.75, 3.05) is 13.1 Å². The lowest BCUT2D eigenvalue weighted by atomic mass is 9.69. The molecule has 0 aromatic carbocycles. The first-order valence-electron chi connectivity index (χ1n) is 5.20. The molecule has 1 heterocycles. The van der Waals surface area contributed by atoms with Crippen LogP contribution in [0.5, 0.6) is 0 Å². The number of rotatable bonds is 1. The topological polar surface area (TPSA) is 12.0 Å². The van der Waals surface area contributed by atoms with E-state index in [0.29, 0.717) is 5.41 Å². The molecule has 0 bridgehead atoms. The molecular weight excluding hydrogens is 146 g/mol. The summed E-state index contributed by atoms with van der Waals surface area (Å²) in [4.78, 5) is 0. The van der Waals surface area contributed by atoms with Crippen LogP contribution in [0.2, 0.25) is 0 Å². The van der Waals surface area contributed by atoms with Crippen LogP contribution in [-0.2, 0) is 0 Å². The highest BCUT2D eigenvalue weighted by atomic mass is 14.9. The van der Waals surface area contributed by atoms with E-state index in [1.54, 1.807) is 5.57 Å². The van der Waals surface area contributed by atoms with Crippen LogP contribution in [0.15, 0.2) is 11.6 Å². The normalized spacial score (nSPS) is 31.6. The Morgan fingerprint density at radius 3 is 2.67 bits per heavy atom. The molecule has 0 amide bonds. The number of hydrogen-bond donors (Lipinski definition) is 1. The highest BCUT2D eigenvalue weighted by molar-refractivity contribution is 5.14. The summed E-state index contributed by atoms with van der Waals surface area (Å²) in [7, 11) is 0. The molecule has 0 aromatic heterocycles. The van der Waals surface area contributed by atoms with Crippen LogP contribution in [0.4, 0.5) is 0 Å². The Kier molecular flexibility index (Phi) is 2.22. The first-order valence-corrected chi connectivity index (χ1v) is 5.20. The van der Waals surface area contributed by atoms with Crippen molar-refractivity contribution < 1.29 is 0 Å². The summed E-state index contributed by atoms with van der Waals surface area (Å²) in [6.07, 6.45) is 9.48. The predicted octanol–water partition coefficient (Wildman–Crippen LogP) is 2.49. The molecular formula is C11H19N. The highest BCUT2D eigenvalue weighted by Crippen LogP contribution is 2.42. The summed E-state index contributed by atoms with van der Waals surface area (Å²) in [6.45, 7) is 4.77. The van der Waals surface area contributed by atoms with E-state index in [0.717, 1.165) is 6.54 Å². The van der Waals surface area contributed by atoms with Crippen molar-refractivity contribution in [2.24, 2.45) is 5.41 Å². The molecule has 2 fully saturated rings. The van der Waals surface area contributed by atoms with E-state index in [4.69, 9.17) is 0 Å². The molecule has 0 aromatic rings. The van der Waals surface area contributed by atoms with E-state index in [2.05, 4.69) is 18.3 Å². The number of nitrogens with one attached hydrogen (secondary N) is 1. The third kappa shape index (κ3) is 1.71. The molecule has 0 spiro atoms. The zero-order valence-corrected chi connectivity index (χ0v) is 8.03. The van der Waals surface area contributed by atoms with Gasteiger partial charge in [-0.3, -0.25) is 0 Å². The molecule has 1 aliphatic heterocycles. The van der Waals surface area contributed by atoms with Crippen molar-refractivity contribution in [1.29, 1.82) is 0 Å². The summed E-state index contributed by atoms with van der Waals surface area (Å²) in [6, 6.07) is 0. The van der Waals surface area contributed by atoms with Crippen LogP contribution in [0, 0.1) is 5.41 Å². The van der Waals surface area contributed by atoms with E-state index in [-0.39, 0.29) is 0 Å². The van der Waals surface area contributed by atoms with Gasteiger partial charge in [-0.15, -0.1) is 0 Å². The molecule has 1 saturated heterocycles. The van der Waals surface area contributed by atoms with Crippen LogP contribution >= 0.6 is 0 Å². The number of piperidine rings is 1. The van der Waals surface area contributed by atoms with Gasteiger partial charge in [-0.2, -0.15) is 0 Å². The minimum atomic E-state index is 0.578. The van der Waals surface area contributed by atoms with Crippen molar-refractivity contribution >= 4 is 0 Å². The molecule has 2 rings (SSSR count). The van der Waals surface area contributed by atoms with Crippen molar-refractivity contribution in [3.8, 4) is 0 Å². The molecule has 12 heavy (non-hydrogen) atoms. The first-order chi connectivity index (χ1) is 5.79. The fourth-order valence-corrected chi connectivity index (χ4v) is 2.27. The minimum Gasteiger partial charge on any atom is -0.313 e. The molecule has 1 heteroatoms. The molecule has 68 valence electrons. The Bertz CT molecular complexity index is 181. The highest BCUT2D eigenvalue weighted by Gasteiger charge is 2.29. The zero-order chi connectivity index (χ0) is 8.44. The Balaban J connectivity index is 1.96. The lowest BCUT2D eigenvalue weighted by Crippen LogP contribution is -2.28. The third-order valence-corrected chi connectivity index (χ3v) is 3.25. The summed E-state index contributed by atoms with van der Waals surface area (Å²) in [5, 5.41) is 3.44. The first kappa shape index (κ1) is 8.31. The Labute approximate surface area is 75.2 Å². The SMILES string of the molecule is CC1(/C=C2/CCCNC2)CCC1. The number of allylic oxidation sites excluding steroid dienone is 1. The van der Waals surface area contributed by atoms with Crippen LogP contribution in [0.3, 0.4) is 0 Å². The second kappa shape index (κ2) is 3.21. The van der Waals surface area contributed by atoms with Gasteiger partial charge in [-0.05, 0) is 37.6 Å².